The van der Waals surface area contributed by atoms with Crippen molar-refractivity contribution >= 4 is 16.0 Å². The van der Waals surface area contributed by atoms with Crippen LogP contribution in [0.3, 0.4) is 0 Å². The highest BCUT2D eigenvalue weighted by atomic mass is 32.2. The van der Waals surface area contributed by atoms with E-state index >= 15 is 0 Å². The molecule has 74 valence electrons. The maximum absolute atomic E-state index is 11.1. The van der Waals surface area contributed by atoms with E-state index < -0.39 is 28.3 Å². The molecule has 13 heavy (non-hydrogen) atoms. The van der Waals surface area contributed by atoms with Gasteiger partial charge in [-0.15, -0.1) is 0 Å². The largest absolute Gasteiger partial charge is 0.480 e. The number of likely N-dealkylation sites (N-methyl/N-ethyl adjacent to an activating group) is 1. The Morgan fingerprint density at radius 1 is 1.62 bits per heavy atom. The molecule has 0 aliphatic heterocycles. The van der Waals surface area contributed by atoms with Crippen molar-refractivity contribution in [2.24, 2.45) is 0 Å². The average Bonchev–Trinajstić information content (AvgIpc) is 1.99. The molecule has 0 aromatic carbocycles. The fraction of sp³-hybridized carbons (Fsp3) is 0.667. The number of carboxylic acid groups (broad SMARTS) is 1. The molecule has 0 saturated carbocycles. The fourth-order valence-electron chi connectivity index (χ4n) is 0.731. The standard InChI is InChI=1S/C6H10N2O4S/c1-2-8(5-6(9)10)13(11,12)4-3-7/h2,4-5H2,1H3,(H,9,10). The van der Waals surface area contributed by atoms with Gasteiger partial charge in [0.2, 0.25) is 10.0 Å². The van der Waals surface area contributed by atoms with Gasteiger partial charge in [-0.25, -0.2) is 8.42 Å². The molecule has 1 N–H and O–H groups in total. The van der Waals surface area contributed by atoms with Crippen LogP contribution in [0.2, 0.25) is 0 Å². The molecule has 0 bridgehead atoms. The highest BCUT2D eigenvalue weighted by molar-refractivity contribution is 7.89. The van der Waals surface area contributed by atoms with Gasteiger partial charge >= 0.3 is 5.97 Å². The van der Waals surface area contributed by atoms with E-state index in [1.807, 2.05) is 0 Å². The van der Waals surface area contributed by atoms with Crippen molar-refractivity contribution in [3.05, 3.63) is 0 Å². The van der Waals surface area contributed by atoms with Crippen LogP contribution in [-0.4, -0.2) is 42.6 Å². The zero-order valence-corrected chi connectivity index (χ0v) is 7.91. The van der Waals surface area contributed by atoms with E-state index in [9.17, 15) is 13.2 Å². The van der Waals surface area contributed by atoms with Crippen LogP contribution in [0.15, 0.2) is 0 Å². The predicted octanol–water partition coefficient (Wildman–Crippen LogP) is -0.754. The fourth-order valence-corrected chi connectivity index (χ4v) is 1.78. The highest BCUT2D eigenvalue weighted by Crippen LogP contribution is 1.99. The van der Waals surface area contributed by atoms with Gasteiger partial charge < -0.3 is 5.11 Å². The molecule has 0 aliphatic rings. The molecule has 0 aliphatic carbocycles. The van der Waals surface area contributed by atoms with E-state index in [2.05, 4.69) is 0 Å². The number of aliphatic carboxylic acids is 1. The van der Waals surface area contributed by atoms with Gasteiger partial charge in [0.15, 0.2) is 5.75 Å². The van der Waals surface area contributed by atoms with E-state index in [4.69, 9.17) is 10.4 Å². The van der Waals surface area contributed by atoms with Crippen molar-refractivity contribution in [1.82, 2.24) is 4.31 Å². The minimum absolute atomic E-state index is 0.0519. The van der Waals surface area contributed by atoms with Crippen LogP contribution in [0.4, 0.5) is 0 Å². The van der Waals surface area contributed by atoms with Crippen LogP contribution in [-0.2, 0) is 14.8 Å². The van der Waals surface area contributed by atoms with E-state index in [0.717, 1.165) is 4.31 Å². The molecule has 0 fully saturated rings. The first kappa shape index (κ1) is 11.9. The molecular formula is C6H10N2O4S. The number of hydrogen-bond acceptors (Lipinski definition) is 4. The Kier molecular flexibility index (Phi) is 4.37. The lowest BCUT2D eigenvalue weighted by Crippen LogP contribution is -2.36. The normalized spacial score (nSPS) is 11.2. The number of carbonyl (C=O) groups is 1. The predicted molar refractivity (Wildman–Crippen MR) is 44.3 cm³/mol. The summed E-state index contributed by atoms with van der Waals surface area (Å²) in [7, 11) is -3.73. The molecule has 0 saturated heterocycles. The molecule has 0 atom stereocenters. The first-order valence-electron chi connectivity index (χ1n) is 3.50. The number of nitriles is 1. The molecule has 0 aromatic heterocycles. The van der Waals surface area contributed by atoms with Crippen LogP contribution >= 0.6 is 0 Å². The second-order valence-corrected chi connectivity index (χ2v) is 4.20. The zero-order chi connectivity index (χ0) is 10.5. The van der Waals surface area contributed by atoms with Gasteiger partial charge in [0.1, 0.15) is 6.54 Å². The van der Waals surface area contributed by atoms with Crippen LogP contribution < -0.4 is 0 Å². The Labute approximate surface area is 76.4 Å². The van der Waals surface area contributed by atoms with Crippen LogP contribution in [0.1, 0.15) is 6.92 Å². The topological polar surface area (TPSA) is 98.5 Å². The molecule has 0 unspecified atom stereocenters. The van der Waals surface area contributed by atoms with Gasteiger partial charge in [-0.3, -0.25) is 4.79 Å². The van der Waals surface area contributed by atoms with E-state index in [1.54, 1.807) is 0 Å². The molecule has 0 aromatic rings. The molecule has 0 spiro atoms. The number of rotatable bonds is 5. The second-order valence-electron chi connectivity index (χ2n) is 2.23. The maximum Gasteiger partial charge on any atom is 0.318 e. The lowest BCUT2D eigenvalue weighted by Gasteiger charge is -2.15. The van der Waals surface area contributed by atoms with E-state index in [1.165, 1.54) is 13.0 Å². The number of carboxylic acids is 1. The monoisotopic (exact) mass is 206 g/mol. The van der Waals surface area contributed by atoms with Gasteiger partial charge in [-0.1, -0.05) is 6.92 Å². The summed E-state index contributed by atoms with van der Waals surface area (Å²) in [5, 5.41) is 16.5. The van der Waals surface area contributed by atoms with Crippen LogP contribution in [0.25, 0.3) is 0 Å². The van der Waals surface area contributed by atoms with Gasteiger partial charge in [-0.05, 0) is 0 Å². The first-order chi connectivity index (χ1) is 5.94. The molecular weight excluding hydrogens is 196 g/mol. The third kappa shape index (κ3) is 3.87. The highest BCUT2D eigenvalue weighted by Gasteiger charge is 2.21. The smallest absolute Gasteiger partial charge is 0.318 e. The molecule has 6 nitrogen and oxygen atoms in total. The summed E-state index contributed by atoms with van der Waals surface area (Å²) >= 11 is 0. The van der Waals surface area contributed by atoms with E-state index in [-0.39, 0.29) is 6.54 Å². The quantitative estimate of drug-likeness (QED) is 0.637. The third-order valence-electron chi connectivity index (χ3n) is 1.30. The Balaban J connectivity index is 4.59. The van der Waals surface area contributed by atoms with Crippen molar-refractivity contribution < 1.29 is 18.3 Å². The summed E-state index contributed by atoms with van der Waals surface area (Å²) in [6.07, 6.45) is 0. The van der Waals surface area contributed by atoms with Crippen LogP contribution in [0.5, 0.6) is 0 Å². The summed E-state index contributed by atoms with van der Waals surface area (Å²) in [6, 6.07) is 1.47. The second kappa shape index (κ2) is 4.79. The van der Waals surface area contributed by atoms with Crippen molar-refractivity contribution in [1.29, 1.82) is 5.26 Å². The van der Waals surface area contributed by atoms with Crippen molar-refractivity contribution in [3.8, 4) is 6.07 Å². The molecule has 0 rings (SSSR count). The SMILES string of the molecule is CCN(CC(=O)O)S(=O)(=O)CC#N. The maximum atomic E-state index is 11.1. The number of hydrogen-bond donors (Lipinski definition) is 1. The Bertz CT molecular complexity index is 316. The van der Waals surface area contributed by atoms with Crippen molar-refractivity contribution in [2.45, 2.75) is 6.92 Å². The first-order valence-corrected chi connectivity index (χ1v) is 5.11. The van der Waals surface area contributed by atoms with Gasteiger partial charge in [0.05, 0.1) is 6.07 Å². The Morgan fingerprint density at radius 2 is 2.15 bits per heavy atom. The summed E-state index contributed by atoms with van der Waals surface area (Å²) in [6.45, 7) is 0.967. The van der Waals surface area contributed by atoms with Crippen molar-refractivity contribution in [3.63, 3.8) is 0 Å². The Morgan fingerprint density at radius 3 is 2.46 bits per heavy atom. The summed E-state index contributed by atoms with van der Waals surface area (Å²) in [4.78, 5) is 10.2. The van der Waals surface area contributed by atoms with Gasteiger partial charge in [0.25, 0.3) is 0 Å². The summed E-state index contributed by atoms with van der Waals surface area (Å²) < 4.78 is 23.0. The Hall–Kier alpha value is -1.13. The minimum atomic E-state index is -3.73. The summed E-state index contributed by atoms with van der Waals surface area (Å²) in [5.41, 5.74) is 0. The zero-order valence-electron chi connectivity index (χ0n) is 7.10. The summed E-state index contributed by atoms with van der Waals surface area (Å²) in [5.74, 6) is -1.92. The molecule has 7 heteroatoms. The number of sulfonamides is 1. The lowest BCUT2D eigenvalue weighted by atomic mass is 10.6. The average molecular weight is 206 g/mol. The number of nitrogens with zero attached hydrogens (tertiary/aromatic N) is 2. The molecule has 0 radical (unpaired) electrons. The van der Waals surface area contributed by atoms with Gasteiger partial charge in [0, 0.05) is 6.54 Å². The molecule has 0 heterocycles. The van der Waals surface area contributed by atoms with Crippen LogP contribution in [0, 0.1) is 11.3 Å². The van der Waals surface area contributed by atoms with Gasteiger partial charge in [-0.2, -0.15) is 9.57 Å². The third-order valence-corrected chi connectivity index (χ3v) is 2.97. The molecule has 0 amide bonds. The van der Waals surface area contributed by atoms with E-state index in [0.29, 0.717) is 0 Å². The minimum Gasteiger partial charge on any atom is -0.480 e. The lowest BCUT2D eigenvalue weighted by molar-refractivity contribution is -0.137. The van der Waals surface area contributed by atoms with Crippen molar-refractivity contribution in [2.75, 3.05) is 18.8 Å².